The standard InChI is InChI=1S/C38H75NO2/c1-4-7-10-13-16-18-24-29-34-39(35-30-25-19-17-14-11-8-5-2)38(40)33-28-23-20-22-27-32-37-36(41-37)31-26-21-15-12-9-6-3/h36-37H,4-35H2,1-3H3. The summed E-state index contributed by atoms with van der Waals surface area (Å²) in [7, 11) is 0. The lowest BCUT2D eigenvalue weighted by atomic mass is 10.0. The first-order valence-electron chi connectivity index (χ1n) is 19.2. The molecule has 1 aliphatic rings. The van der Waals surface area contributed by atoms with Crippen LogP contribution >= 0.6 is 0 Å². The monoisotopic (exact) mass is 578 g/mol. The van der Waals surface area contributed by atoms with Gasteiger partial charge in [0.2, 0.25) is 5.91 Å². The summed E-state index contributed by atoms with van der Waals surface area (Å²) in [6, 6.07) is 0. The van der Waals surface area contributed by atoms with Crippen LogP contribution in [0.3, 0.4) is 0 Å². The highest BCUT2D eigenvalue weighted by molar-refractivity contribution is 5.76. The molecule has 0 aliphatic carbocycles. The molecule has 3 nitrogen and oxygen atoms in total. The minimum Gasteiger partial charge on any atom is -0.370 e. The van der Waals surface area contributed by atoms with Crippen LogP contribution in [0.1, 0.15) is 213 Å². The molecule has 0 bridgehead atoms. The highest BCUT2D eigenvalue weighted by Gasteiger charge is 2.36. The van der Waals surface area contributed by atoms with E-state index < -0.39 is 0 Å². The molecule has 0 aromatic rings. The zero-order valence-electron chi connectivity index (χ0n) is 28.5. The second-order valence-electron chi connectivity index (χ2n) is 13.4. The highest BCUT2D eigenvalue weighted by Crippen LogP contribution is 2.32. The van der Waals surface area contributed by atoms with E-state index in [1.54, 1.807) is 0 Å². The fourth-order valence-electron chi connectivity index (χ4n) is 6.36. The lowest BCUT2D eigenvalue weighted by molar-refractivity contribution is -0.131. The Labute approximate surface area is 258 Å². The molecule has 1 rings (SSSR count). The van der Waals surface area contributed by atoms with Crippen LogP contribution in [-0.2, 0) is 9.53 Å². The third-order valence-corrected chi connectivity index (χ3v) is 9.33. The number of unbranched alkanes of at least 4 members (excludes halogenated alkanes) is 23. The molecule has 0 saturated carbocycles. The summed E-state index contributed by atoms with van der Waals surface area (Å²) in [5.41, 5.74) is 0. The number of amides is 1. The van der Waals surface area contributed by atoms with E-state index in [4.69, 9.17) is 4.74 Å². The average Bonchev–Trinajstić information content (AvgIpc) is 3.73. The van der Waals surface area contributed by atoms with Gasteiger partial charge in [-0.05, 0) is 32.1 Å². The Hall–Kier alpha value is -0.570. The maximum absolute atomic E-state index is 13.1. The van der Waals surface area contributed by atoms with Gasteiger partial charge in [-0.1, -0.05) is 175 Å². The molecular weight excluding hydrogens is 502 g/mol. The molecule has 41 heavy (non-hydrogen) atoms. The van der Waals surface area contributed by atoms with Crippen LogP contribution < -0.4 is 0 Å². The van der Waals surface area contributed by atoms with Gasteiger partial charge in [0, 0.05) is 19.5 Å². The zero-order valence-corrected chi connectivity index (χ0v) is 28.5. The van der Waals surface area contributed by atoms with E-state index in [0.717, 1.165) is 25.9 Å². The van der Waals surface area contributed by atoms with E-state index in [2.05, 4.69) is 25.7 Å². The van der Waals surface area contributed by atoms with Crippen LogP contribution in [0.15, 0.2) is 0 Å². The molecule has 1 saturated heterocycles. The van der Waals surface area contributed by atoms with E-state index in [9.17, 15) is 4.79 Å². The molecule has 3 heteroatoms. The molecule has 1 fully saturated rings. The second kappa shape index (κ2) is 29.5. The van der Waals surface area contributed by atoms with Crippen molar-refractivity contribution in [2.75, 3.05) is 13.1 Å². The number of hydrogen-bond donors (Lipinski definition) is 0. The third kappa shape index (κ3) is 24.6. The van der Waals surface area contributed by atoms with Crippen molar-refractivity contribution in [3.63, 3.8) is 0 Å². The summed E-state index contributed by atoms with van der Waals surface area (Å²) >= 11 is 0. The lowest BCUT2D eigenvalue weighted by Crippen LogP contribution is -2.32. The third-order valence-electron chi connectivity index (χ3n) is 9.33. The Balaban J connectivity index is 2.11. The number of epoxide rings is 1. The van der Waals surface area contributed by atoms with Crippen molar-refractivity contribution in [2.45, 2.75) is 226 Å². The molecule has 0 aromatic heterocycles. The Kier molecular flexibility index (Phi) is 27.7. The fourth-order valence-corrected chi connectivity index (χ4v) is 6.36. The van der Waals surface area contributed by atoms with Gasteiger partial charge in [0.25, 0.3) is 0 Å². The molecule has 0 spiro atoms. The van der Waals surface area contributed by atoms with Crippen molar-refractivity contribution < 1.29 is 9.53 Å². The first-order chi connectivity index (χ1) is 20.2. The maximum atomic E-state index is 13.1. The number of nitrogens with zero attached hydrogens (tertiary/aromatic N) is 1. The van der Waals surface area contributed by atoms with Gasteiger partial charge in [0.15, 0.2) is 0 Å². The second-order valence-corrected chi connectivity index (χ2v) is 13.4. The van der Waals surface area contributed by atoms with Gasteiger partial charge < -0.3 is 9.64 Å². The Morgan fingerprint density at radius 1 is 0.439 bits per heavy atom. The molecule has 0 radical (unpaired) electrons. The van der Waals surface area contributed by atoms with Crippen molar-refractivity contribution in [1.29, 1.82) is 0 Å². The summed E-state index contributed by atoms with van der Waals surface area (Å²) in [6.07, 6.45) is 40.3. The molecule has 1 heterocycles. The Morgan fingerprint density at radius 3 is 1.15 bits per heavy atom. The topological polar surface area (TPSA) is 32.8 Å². The maximum Gasteiger partial charge on any atom is 0.222 e. The summed E-state index contributed by atoms with van der Waals surface area (Å²) < 4.78 is 5.92. The van der Waals surface area contributed by atoms with E-state index in [-0.39, 0.29) is 0 Å². The summed E-state index contributed by atoms with van der Waals surface area (Å²) in [5.74, 6) is 0.430. The largest absolute Gasteiger partial charge is 0.370 e. The molecule has 2 atom stereocenters. The smallest absolute Gasteiger partial charge is 0.222 e. The Morgan fingerprint density at radius 2 is 0.756 bits per heavy atom. The van der Waals surface area contributed by atoms with Crippen LogP contribution in [0.2, 0.25) is 0 Å². The fraction of sp³-hybridized carbons (Fsp3) is 0.974. The van der Waals surface area contributed by atoms with Gasteiger partial charge in [-0.15, -0.1) is 0 Å². The van der Waals surface area contributed by atoms with Crippen molar-refractivity contribution in [1.82, 2.24) is 4.90 Å². The molecule has 2 unspecified atom stereocenters. The highest BCUT2D eigenvalue weighted by atomic mass is 16.6. The minimum absolute atomic E-state index is 0.430. The molecule has 0 aromatic carbocycles. The van der Waals surface area contributed by atoms with Gasteiger partial charge in [-0.25, -0.2) is 0 Å². The predicted molar refractivity (Wildman–Crippen MR) is 181 cm³/mol. The van der Waals surface area contributed by atoms with Crippen LogP contribution in [0.25, 0.3) is 0 Å². The molecule has 1 amide bonds. The molecule has 1 aliphatic heterocycles. The van der Waals surface area contributed by atoms with Crippen LogP contribution in [-0.4, -0.2) is 36.1 Å². The van der Waals surface area contributed by atoms with E-state index >= 15 is 0 Å². The van der Waals surface area contributed by atoms with Crippen molar-refractivity contribution in [3.8, 4) is 0 Å². The van der Waals surface area contributed by atoms with Crippen molar-refractivity contribution in [3.05, 3.63) is 0 Å². The van der Waals surface area contributed by atoms with Crippen molar-refractivity contribution in [2.24, 2.45) is 0 Å². The van der Waals surface area contributed by atoms with Crippen LogP contribution in [0, 0.1) is 0 Å². The van der Waals surface area contributed by atoms with Gasteiger partial charge in [-0.3, -0.25) is 4.79 Å². The number of hydrogen-bond acceptors (Lipinski definition) is 2. The SMILES string of the molecule is CCCCCCCCCCN(CCCCCCCCCC)C(=O)CCCCCCCC1OC1CCCCCCCC. The summed E-state index contributed by atoms with van der Waals surface area (Å²) in [6.45, 7) is 8.84. The first kappa shape index (κ1) is 38.5. The molecular formula is C38H75NO2. The number of rotatable bonds is 33. The van der Waals surface area contributed by atoms with Gasteiger partial charge in [0.1, 0.15) is 0 Å². The number of carbonyl (C=O) groups is 1. The number of ether oxygens (including phenoxy) is 1. The first-order valence-corrected chi connectivity index (χ1v) is 19.2. The molecule has 0 N–H and O–H groups in total. The normalized spacial score (nSPS) is 16.4. The van der Waals surface area contributed by atoms with E-state index in [1.165, 1.54) is 180 Å². The predicted octanol–water partition coefficient (Wildman–Crippen LogP) is 12.3. The Bertz CT molecular complexity index is 530. The average molecular weight is 578 g/mol. The molecule has 244 valence electrons. The number of carbonyl (C=O) groups excluding carboxylic acids is 1. The summed E-state index contributed by atoms with van der Waals surface area (Å²) in [4.78, 5) is 15.3. The zero-order chi connectivity index (χ0) is 29.6. The van der Waals surface area contributed by atoms with Gasteiger partial charge in [0.05, 0.1) is 12.2 Å². The van der Waals surface area contributed by atoms with Crippen LogP contribution in [0.5, 0.6) is 0 Å². The van der Waals surface area contributed by atoms with E-state index in [1.807, 2.05) is 0 Å². The summed E-state index contributed by atoms with van der Waals surface area (Å²) in [5, 5.41) is 0. The van der Waals surface area contributed by atoms with Crippen molar-refractivity contribution >= 4 is 5.91 Å². The quantitative estimate of drug-likeness (QED) is 0.0574. The van der Waals surface area contributed by atoms with E-state index in [0.29, 0.717) is 18.1 Å². The van der Waals surface area contributed by atoms with Gasteiger partial charge in [-0.2, -0.15) is 0 Å². The lowest BCUT2D eigenvalue weighted by Gasteiger charge is -2.23. The van der Waals surface area contributed by atoms with Gasteiger partial charge >= 0.3 is 0 Å². The minimum atomic E-state index is 0.430. The van der Waals surface area contributed by atoms with Crippen LogP contribution in [0.4, 0.5) is 0 Å².